The predicted molar refractivity (Wildman–Crippen MR) is 112 cm³/mol. The first-order valence-corrected chi connectivity index (χ1v) is 9.44. The molecule has 3 aromatic rings. The van der Waals surface area contributed by atoms with Crippen LogP contribution in [0.5, 0.6) is 5.75 Å². The molecule has 2 aromatic carbocycles. The molecule has 0 unspecified atom stereocenters. The van der Waals surface area contributed by atoms with E-state index in [0.717, 1.165) is 0 Å². The van der Waals surface area contributed by atoms with Crippen molar-refractivity contribution in [1.29, 1.82) is 0 Å². The number of methoxy groups -OCH3 is 1. The second kappa shape index (κ2) is 8.02. The van der Waals surface area contributed by atoms with Crippen molar-refractivity contribution in [2.75, 3.05) is 7.11 Å². The van der Waals surface area contributed by atoms with E-state index in [0.29, 0.717) is 48.4 Å². The summed E-state index contributed by atoms with van der Waals surface area (Å²) in [6.45, 7) is 0. The van der Waals surface area contributed by atoms with Gasteiger partial charge in [0.1, 0.15) is 5.75 Å². The van der Waals surface area contributed by atoms with Gasteiger partial charge < -0.3 is 4.74 Å². The van der Waals surface area contributed by atoms with Crippen LogP contribution in [0.25, 0.3) is 22.5 Å². The van der Waals surface area contributed by atoms with Crippen LogP contribution in [-0.2, 0) is 0 Å². The molecule has 3 rings (SSSR count). The highest BCUT2D eigenvalue weighted by Crippen LogP contribution is 2.43. The molecule has 0 bridgehead atoms. The lowest BCUT2D eigenvalue weighted by Crippen LogP contribution is -1.95. The summed E-state index contributed by atoms with van der Waals surface area (Å²) in [6.07, 6.45) is 0. The monoisotopic (exact) mass is 465 g/mol. The summed E-state index contributed by atoms with van der Waals surface area (Å²) < 4.78 is 5.38. The van der Waals surface area contributed by atoms with Gasteiger partial charge in [0.05, 0.1) is 48.6 Å². The van der Waals surface area contributed by atoms with Gasteiger partial charge in [0.2, 0.25) is 0 Å². The molecule has 26 heavy (non-hydrogen) atoms. The van der Waals surface area contributed by atoms with E-state index in [1.54, 1.807) is 36.4 Å². The van der Waals surface area contributed by atoms with E-state index in [4.69, 9.17) is 74.3 Å². The van der Waals surface area contributed by atoms with E-state index < -0.39 is 0 Å². The van der Waals surface area contributed by atoms with Gasteiger partial charge in [0, 0.05) is 23.3 Å². The normalized spacial score (nSPS) is 10.9. The minimum atomic E-state index is 0.286. The summed E-state index contributed by atoms with van der Waals surface area (Å²) in [5.41, 5.74) is 1.89. The molecule has 0 aliphatic heterocycles. The van der Waals surface area contributed by atoms with Gasteiger partial charge in [-0.2, -0.15) is 0 Å². The molecule has 0 amide bonds. The molecule has 1 heterocycles. The molecule has 0 N–H and O–H groups in total. The molecule has 2 nitrogen and oxygen atoms in total. The first kappa shape index (κ1) is 19.9. The van der Waals surface area contributed by atoms with Crippen molar-refractivity contribution in [2.45, 2.75) is 0 Å². The van der Waals surface area contributed by atoms with Gasteiger partial charge in [0.15, 0.2) is 0 Å². The summed E-state index contributed by atoms with van der Waals surface area (Å²) >= 11 is 37.6. The third-order valence-corrected chi connectivity index (χ3v) is 5.87. The number of halogens is 6. The number of ether oxygens (including phenoxy) is 1. The van der Waals surface area contributed by atoms with Gasteiger partial charge in [0.25, 0.3) is 0 Å². The van der Waals surface area contributed by atoms with Gasteiger partial charge in [-0.25, -0.2) is 4.98 Å². The molecule has 1 aromatic heterocycles. The van der Waals surface area contributed by atoms with Gasteiger partial charge in [-0.15, -0.1) is 0 Å². The highest BCUT2D eigenvalue weighted by Gasteiger charge is 2.19. The quantitative estimate of drug-likeness (QED) is 0.361. The number of rotatable bonds is 3. The first-order chi connectivity index (χ1) is 12.3. The predicted octanol–water partition coefficient (Wildman–Crippen LogP) is 8.34. The maximum Gasteiger partial charge on any atom is 0.123 e. The van der Waals surface area contributed by atoms with Crippen molar-refractivity contribution in [2.24, 2.45) is 0 Å². The van der Waals surface area contributed by atoms with Crippen LogP contribution in [-0.4, -0.2) is 12.1 Å². The molecule has 0 atom stereocenters. The average molecular weight is 468 g/mol. The van der Waals surface area contributed by atoms with Crippen LogP contribution in [0, 0.1) is 0 Å². The van der Waals surface area contributed by atoms with Gasteiger partial charge >= 0.3 is 0 Å². The van der Waals surface area contributed by atoms with Crippen LogP contribution in [0.15, 0.2) is 36.4 Å². The van der Waals surface area contributed by atoms with Gasteiger partial charge in [-0.3, -0.25) is 0 Å². The Bertz CT molecular complexity index is 930. The smallest absolute Gasteiger partial charge is 0.123 e. The largest absolute Gasteiger partial charge is 0.497 e. The number of hydrogen-bond acceptors (Lipinski definition) is 2. The molecule has 0 spiro atoms. The second-order valence-electron chi connectivity index (χ2n) is 5.21. The lowest BCUT2D eigenvalue weighted by Gasteiger charge is -2.14. The molecular formula is C18H9Cl6NO. The van der Waals surface area contributed by atoms with E-state index >= 15 is 0 Å². The second-order valence-corrected chi connectivity index (χ2v) is 7.60. The standard InChI is InChI=1S/C18H9Cl6NO/c1-26-8-6-13(15-9(19)2-4-11(21)17(15)23)25-14(7-8)16-10(20)3-5-12(22)18(16)24/h2-7H,1H3. The molecule has 0 radical (unpaired) electrons. The number of hydrogen-bond donors (Lipinski definition) is 0. The number of nitrogens with zero attached hydrogens (tertiary/aromatic N) is 1. The molecule has 0 aliphatic carbocycles. The fourth-order valence-corrected chi connectivity index (χ4v) is 3.85. The SMILES string of the molecule is COc1cc(-c2c(Cl)ccc(Cl)c2Cl)nc(-c2c(Cl)ccc(Cl)c2Cl)c1. The summed E-state index contributed by atoms with van der Waals surface area (Å²) in [5, 5.41) is 2.08. The summed E-state index contributed by atoms with van der Waals surface area (Å²) in [7, 11) is 1.53. The number of benzene rings is 2. The topological polar surface area (TPSA) is 22.1 Å². The van der Waals surface area contributed by atoms with Crippen LogP contribution >= 0.6 is 69.6 Å². The summed E-state index contributed by atoms with van der Waals surface area (Å²) in [5.74, 6) is 0.518. The third-order valence-electron chi connectivity index (χ3n) is 3.63. The molecule has 0 saturated heterocycles. The molecule has 134 valence electrons. The Kier molecular flexibility index (Phi) is 6.13. The van der Waals surface area contributed by atoms with Crippen molar-refractivity contribution in [3.05, 3.63) is 66.5 Å². The van der Waals surface area contributed by atoms with E-state index in [1.807, 2.05) is 0 Å². The highest BCUT2D eigenvalue weighted by atomic mass is 35.5. The Morgan fingerprint density at radius 2 is 1.04 bits per heavy atom. The molecule has 8 heteroatoms. The maximum absolute atomic E-state index is 6.34. The molecular weight excluding hydrogens is 459 g/mol. The van der Waals surface area contributed by atoms with Gasteiger partial charge in [-0.1, -0.05) is 69.6 Å². The van der Waals surface area contributed by atoms with Crippen molar-refractivity contribution in [1.82, 2.24) is 4.98 Å². The van der Waals surface area contributed by atoms with Crippen LogP contribution in [0.3, 0.4) is 0 Å². The third kappa shape index (κ3) is 3.73. The Morgan fingerprint density at radius 1 is 0.654 bits per heavy atom. The lowest BCUT2D eigenvalue weighted by molar-refractivity contribution is 0.414. The average Bonchev–Trinajstić information content (AvgIpc) is 2.62. The van der Waals surface area contributed by atoms with Crippen molar-refractivity contribution in [3.63, 3.8) is 0 Å². The maximum atomic E-state index is 6.34. The minimum absolute atomic E-state index is 0.286. The van der Waals surface area contributed by atoms with Crippen LogP contribution in [0.1, 0.15) is 0 Å². The van der Waals surface area contributed by atoms with Gasteiger partial charge in [-0.05, 0) is 24.3 Å². The fraction of sp³-hybridized carbons (Fsp3) is 0.0556. The van der Waals surface area contributed by atoms with E-state index in [-0.39, 0.29) is 10.0 Å². The first-order valence-electron chi connectivity index (χ1n) is 7.17. The number of pyridine rings is 1. The zero-order valence-corrected chi connectivity index (χ0v) is 17.6. The Balaban J connectivity index is 2.32. The molecule has 0 fully saturated rings. The molecule has 0 saturated carbocycles. The van der Waals surface area contributed by atoms with Crippen molar-refractivity contribution in [3.8, 4) is 28.3 Å². The van der Waals surface area contributed by atoms with Crippen molar-refractivity contribution < 1.29 is 4.74 Å². The minimum Gasteiger partial charge on any atom is -0.497 e. The van der Waals surface area contributed by atoms with Crippen LogP contribution in [0.2, 0.25) is 30.1 Å². The zero-order valence-electron chi connectivity index (χ0n) is 13.1. The Labute approximate surface area is 180 Å². The fourth-order valence-electron chi connectivity index (χ4n) is 2.40. The van der Waals surface area contributed by atoms with Crippen LogP contribution in [0.4, 0.5) is 0 Å². The Morgan fingerprint density at radius 3 is 1.42 bits per heavy atom. The van der Waals surface area contributed by atoms with Crippen LogP contribution < -0.4 is 4.74 Å². The van der Waals surface area contributed by atoms with E-state index in [9.17, 15) is 0 Å². The van der Waals surface area contributed by atoms with E-state index in [1.165, 1.54) is 7.11 Å². The highest BCUT2D eigenvalue weighted by molar-refractivity contribution is 6.47. The number of aromatic nitrogens is 1. The zero-order chi connectivity index (χ0) is 19.0. The summed E-state index contributed by atoms with van der Waals surface area (Å²) in [6, 6.07) is 9.90. The lowest BCUT2D eigenvalue weighted by atomic mass is 10.1. The van der Waals surface area contributed by atoms with E-state index in [2.05, 4.69) is 4.98 Å². The summed E-state index contributed by atoms with van der Waals surface area (Å²) in [4.78, 5) is 4.61. The molecule has 0 aliphatic rings. The van der Waals surface area contributed by atoms with Crippen molar-refractivity contribution >= 4 is 69.6 Å². The Hall–Kier alpha value is -0.870.